The van der Waals surface area contributed by atoms with E-state index < -0.39 is 0 Å². The van der Waals surface area contributed by atoms with E-state index in [1.165, 1.54) is 16.2 Å². The molecular formula is C14H15Br2NOS2. The predicted molar refractivity (Wildman–Crippen MR) is 94.2 cm³/mol. The Hall–Kier alpha value is -0.0100. The minimum atomic E-state index is 0.152. The van der Waals surface area contributed by atoms with Crippen LogP contribution in [0.3, 0.4) is 0 Å². The molecule has 0 aliphatic rings. The number of carbonyl (C=O) groups is 1. The number of likely N-dealkylation sites (N-methyl/N-ethyl adjacent to an activating group) is 1. The molecule has 2 aromatic rings. The Bertz CT molecular complexity index is 580. The summed E-state index contributed by atoms with van der Waals surface area (Å²) in [6.07, 6.45) is 0.982. The maximum Gasteiger partial charge on any atom is 0.178 e. The largest absolute Gasteiger partial charge is 0.296 e. The highest BCUT2D eigenvalue weighted by molar-refractivity contribution is 9.12. The maximum atomic E-state index is 12.3. The molecule has 20 heavy (non-hydrogen) atoms. The van der Waals surface area contributed by atoms with Gasteiger partial charge in [-0.1, -0.05) is 6.07 Å². The third kappa shape index (κ3) is 4.24. The molecule has 1 atom stereocenters. The molecule has 0 aromatic carbocycles. The van der Waals surface area contributed by atoms with Crippen LogP contribution in [0.5, 0.6) is 0 Å². The van der Waals surface area contributed by atoms with Gasteiger partial charge in [0.1, 0.15) is 0 Å². The average Bonchev–Trinajstić information content (AvgIpc) is 2.98. The van der Waals surface area contributed by atoms with Gasteiger partial charge in [-0.25, -0.2) is 0 Å². The summed E-state index contributed by atoms with van der Waals surface area (Å²) in [5.74, 6) is 0.152. The average molecular weight is 437 g/mol. The topological polar surface area (TPSA) is 20.3 Å². The summed E-state index contributed by atoms with van der Waals surface area (Å²) in [4.78, 5) is 15.8. The SMILES string of the molecule is CC(Cc1cccs1)N(C)CC(=O)c1cc(Br)sc1Br. The van der Waals surface area contributed by atoms with Gasteiger partial charge in [0, 0.05) is 16.5 Å². The zero-order valence-corrected chi connectivity index (χ0v) is 16.0. The smallest absolute Gasteiger partial charge is 0.178 e. The molecule has 0 aliphatic carbocycles. The predicted octanol–water partition coefficient (Wildman–Crippen LogP) is 5.08. The molecule has 0 amide bonds. The molecule has 0 saturated carbocycles. The van der Waals surface area contributed by atoms with Crippen LogP contribution in [0.2, 0.25) is 0 Å². The van der Waals surface area contributed by atoms with Gasteiger partial charge >= 0.3 is 0 Å². The number of carbonyl (C=O) groups excluding carboxylic acids is 1. The zero-order valence-electron chi connectivity index (χ0n) is 11.2. The van der Waals surface area contributed by atoms with E-state index in [9.17, 15) is 4.79 Å². The van der Waals surface area contributed by atoms with Crippen LogP contribution in [0.15, 0.2) is 31.2 Å². The van der Waals surface area contributed by atoms with Gasteiger partial charge in [-0.05, 0) is 69.8 Å². The van der Waals surface area contributed by atoms with Crippen molar-refractivity contribution in [2.24, 2.45) is 0 Å². The number of rotatable bonds is 6. The molecule has 2 aromatic heterocycles. The van der Waals surface area contributed by atoms with Crippen molar-refractivity contribution in [2.45, 2.75) is 19.4 Å². The van der Waals surface area contributed by atoms with Gasteiger partial charge in [-0.15, -0.1) is 22.7 Å². The van der Waals surface area contributed by atoms with Gasteiger partial charge in [0.25, 0.3) is 0 Å². The molecule has 2 heterocycles. The summed E-state index contributed by atoms with van der Waals surface area (Å²) in [5.41, 5.74) is 0.761. The van der Waals surface area contributed by atoms with Crippen molar-refractivity contribution in [1.29, 1.82) is 0 Å². The second-order valence-corrected chi connectivity index (χ2v) is 9.49. The molecule has 0 aliphatic heterocycles. The normalized spacial score (nSPS) is 12.8. The summed E-state index contributed by atoms with van der Waals surface area (Å²) < 4.78 is 1.87. The third-order valence-electron chi connectivity index (χ3n) is 3.18. The first kappa shape index (κ1) is 16.4. The van der Waals surface area contributed by atoms with E-state index in [0.29, 0.717) is 12.6 Å². The molecule has 2 nitrogen and oxygen atoms in total. The first-order valence-electron chi connectivity index (χ1n) is 6.18. The Balaban J connectivity index is 1.95. The minimum absolute atomic E-state index is 0.152. The van der Waals surface area contributed by atoms with Crippen LogP contribution in [-0.2, 0) is 6.42 Å². The molecule has 0 saturated heterocycles. The molecule has 0 fully saturated rings. The Morgan fingerprint density at radius 3 is 2.75 bits per heavy atom. The van der Waals surface area contributed by atoms with E-state index >= 15 is 0 Å². The zero-order chi connectivity index (χ0) is 14.7. The minimum Gasteiger partial charge on any atom is -0.296 e. The lowest BCUT2D eigenvalue weighted by atomic mass is 10.1. The highest BCUT2D eigenvalue weighted by Gasteiger charge is 2.18. The molecular weight excluding hydrogens is 422 g/mol. The van der Waals surface area contributed by atoms with Crippen LogP contribution in [-0.4, -0.2) is 30.3 Å². The number of hydrogen-bond donors (Lipinski definition) is 0. The lowest BCUT2D eigenvalue weighted by Crippen LogP contribution is -2.35. The fraction of sp³-hybridized carbons (Fsp3) is 0.357. The van der Waals surface area contributed by atoms with Gasteiger partial charge in [-0.2, -0.15) is 0 Å². The number of thiophene rings is 2. The molecule has 1 unspecified atom stereocenters. The summed E-state index contributed by atoms with van der Waals surface area (Å²) in [6.45, 7) is 2.60. The number of hydrogen-bond acceptors (Lipinski definition) is 4. The maximum absolute atomic E-state index is 12.3. The Kier molecular flexibility index (Phi) is 5.98. The molecule has 0 N–H and O–H groups in total. The number of ketones is 1. The summed E-state index contributed by atoms with van der Waals surface area (Å²) in [6, 6.07) is 6.44. The fourth-order valence-electron chi connectivity index (χ4n) is 1.87. The first-order valence-corrected chi connectivity index (χ1v) is 9.46. The molecule has 2 rings (SSSR count). The van der Waals surface area contributed by atoms with Crippen LogP contribution in [0.1, 0.15) is 22.2 Å². The Morgan fingerprint density at radius 1 is 1.45 bits per heavy atom. The van der Waals surface area contributed by atoms with E-state index in [0.717, 1.165) is 19.6 Å². The third-order valence-corrected chi connectivity index (χ3v) is 6.42. The van der Waals surface area contributed by atoms with Crippen LogP contribution in [0.4, 0.5) is 0 Å². The summed E-state index contributed by atoms with van der Waals surface area (Å²) in [5, 5.41) is 2.09. The van der Waals surface area contributed by atoms with Crippen molar-refractivity contribution in [2.75, 3.05) is 13.6 Å². The first-order chi connectivity index (χ1) is 9.47. The van der Waals surface area contributed by atoms with Crippen LogP contribution in [0, 0.1) is 0 Å². The van der Waals surface area contributed by atoms with Crippen molar-refractivity contribution >= 4 is 60.3 Å². The van der Waals surface area contributed by atoms with E-state index in [2.05, 4.69) is 61.2 Å². The van der Waals surface area contributed by atoms with Crippen molar-refractivity contribution in [3.8, 4) is 0 Å². The lowest BCUT2D eigenvalue weighted by molar-refractivity contribution is 0.0924. The van der Waals surface area contributed by atoms with Gasteiger partial charge < -0.3 is 0 Å². The van der Waals surface area contributed by atoms with Crippen molar-refractivity contribution in [3.05, 3.63) is 41.6 Å². The molecule has 108 valence electrons. The van der Waals surface area contributed by atoms with E-state index in [1.807, 2.05) is 13.1 Å². The van der Waals surface area contributed by atoms with Crippen LogP contribution < -0.4 is 0 Å². The van der Waals surface area contributed by atoms with E-state index in [4.69, 9.17) is 0 Å². The van der Waals surface area contributed by atoms with Gasteiger partial charge in [0.05, 0.1) is 14.1 Å². The molecule has 0 radical (unpaired) electrons. The highest BCUT2D eigenvalue weighted by atomic mass is 79.9. The summed E-state index contributed by atoms with van der Waals surface area (Å²) in [7, 11) is 2.01. The molecule has 0 bridgehead atoms. The second kappa shape index (κ2) is 7.31. The monoisotopic (exact) mass is 435 g/mol. The highest BCUT2D eigenvalue weighted by Crippen LogP contribution is 2.32. The molecule has 0 spiro atoms. The Labute approximate surface area is 144 Å². The van der Waals surface area contributed by atoms with Crippen molar-refractivity contribution in [1.82, 2.24) is 4.90 Å². The van der Waals surface area contributed by atoms with Gasteiger partial charge in [-0.3, -0.25) is 9.69 Å². The van der Waals surface area contributed by atoms with Gasteiger partial charge in [0.15, 0.2) is 5.78 Å². The lowest BCUT2D eigenvalue weighted by Gasteiger charge is -2.23. The van der Waals surface area contributed by atoms with Gasteiger partial charge in [0.2, 0.25) is 0 Å². The number of halogens is 2. The second-order valence-electron chi connectivity index (χ2n) is 4.71. The standard InChI is InChI=1S/C14H15Br2NOS2/c1-9(6-10-4-3-5-19-10)17(2)8-12(18)11-7-13(15)20-14(11)16/h3-5,7,9H,6,8H2,1-2H3. The summed E-state index contributed by atoms with van der Waals surface area (Å²) >= 11 is 10.2. The van der Waals surface area contributed by atoms with Crippen molar-refractivity contribution < 1.29 is 4.79 Å². The quantitative estimate of drug-likeness (QED) is 0.588. The number of Topliss-reactive ketones (excluding diaryl/α,β-unsaturated/α-hetero) is 1. The van der Waals surface area contributed by atoms with E-state index in [1.54, 1.807) is 11.3 Å². The Morgan fingerprint density at radius 2 is 2.20 bits per heavy atom. The van der Waals surface area contributed by atoms with Crippen LogP contribution >= 0.6 is 54.5 Å². The van der Waals surface area contributed by atoms with E-state index in [-0.39, 0.29) is 5.78 Å². The number of nitrogens with zero attached hydrogens (tertiary/aromatic N) is 1. The van der Waals surface area contributed by atoms with Crippen LogP contribution in [0.25, 0.3) is 0 Å². The molecule has 6 heteroatoms. The van der Waals surface area contributed by atoms with Crippen molar-refractivity contribution in [3.63, 3.8) is 0 Å². The fourth-order valence-corrected chi connectivity index (χ4v) is 5.56.